The molecule has 6 nitrogen and oxygen atoms in total. The molecule has 10 heteroatoms. The Hall–Kier alpha value is -0.570. The Morgan fingerprint density at radius 3 is 2.40 bits per heavy atom. The predicted molar refractivity (Wildman–Crippen MR) is 104 cm³/mol. The van der Waals surface area contributed by atoms with E-state index in [-0.39, 0.29) is 52.3 Å². The van der Waals surface area contributed by atoms with Crippen LogP contribution in [0.25, 0.3) is 0 Å². The standard InChI is InChI=1S/C15H23Cl2N3O3S.ClH/c1-2-3-5-11(10-18)20-14(21)8-9-19-24(22,23)15-12(16)6-4-7-13(15)17;/h4,6-7,11,19H,2-3,5,8-10,18H2,1H3,(H,20,21);1H. The van der Waals surface area contributed by atoms with Gasteiger partial charge in [-0.1, -0.05) is 49.0 Å². The second-order valence-electron chi connectivity index (χ2n) is 5.34. The number of benzene rings is 1. The second kappa shape index (κ2) is 11.9. The molecule has 144 valence electrons. The van der Waals surface area contributed by atoms with E-state index < -0.39 is 10.0 Å². The molecule has 0 bridgehead atoms. The van der Waals surface area contributed by atoms with Gasteiger partial charge >= 0.3 is 0 Å². The highest BCUT2D eigenvalue weighted by atomic mass is 35.5. The van der Waals surface area contributed by atoms with Gasteiger partial charge in [-0.3, -0.25) is 4.79 Å². The lowest BCUT2D eigenvalue weighted by atomic mass is 10.1. The van der Waals surface area contributed by atoms with Crippen molar-refractivity contribution in [3.8, 4) is 0 Å². The number of carbonyl (C=O) groups excluding carboxylic acids is 1. The molecule has 0 heterocycles. The third kappa shape index (κ3) is 8.11. The Bertz CT molecular complexity index is 636. The van der Waals surface area contributed by atoms with E-state index in [0.29, 0.717) is 6.54 Å². The maximum absolute atomic E-state index is 12.2. The fourth-order valence-corrected chi connectivity index (χ4v) is 4.28. The fraction of sp³-hybridized carbons (Fsp3) is 0.533. The van der Waals surface area contributed by atoms with Crippen LogP contribution in [0.5, 0.6) is 0 Å². The van der Waals surface area contributed by atoms with Gasteiger partial charge < -0.3 is 11.1 Å². The molecular weight excluding hydrogens is 409 g/mol. The molecule has 0 aliphatic rings. The molecule has 25 heavy (non-hydrogen) atoms. The van der Waals surface area contributed by atoms with Crippen molar-refractivity contribution in [1.29, 1.82) is 0 Å². The first-order chi connectivity index (χ1) is 11.3. The number of carbonyl (C=O) groups is 1. The van der Waals surface area contributed by atoms with Crippen molar-refractivity contribution in [3.63, 3.8) is 0 Å². The van der Waals surface area contributed by atoms with Crippen molar-refractivity contribution in [2.75, 3.05) is 13.1 Å². The van der Waals surface area contributed by atoms with Crippen LogP contribution in [0.3, 0.4) is 0 Å². The van der Waals surface area contributed by atoms with Gasteiger partial charge in [0.25, 0.3) is 0 Å². The molecule has 0 fully saturated rings. The number of unbranched alkanes of at least 4 members (excludes halogenated alkanes) is 1. The monoisotopic (exact) mass is 431 g/mol. The summed E-state index contributed by atoms with van der Waals surface area (Å²) in [6.45, 7) is 2.36. The summed E-state index contributed by atoms with van der Waals surface area (Å²) < 4.78 is 26.8. The van der Waals surface area contributed by atoms with Crippen molar-refractivity contribution in [2.24, 2.45) is 5.73 Å². The molecule has 1 unspecified atom stereocenters. The van der Waals surface area contributed by atoms with Gasteiger partial charge in [0.2, 0.25) is 15.9 Å². The molecule has 1 aromatic carbocycles. The van der Waals surface area contributed by atoms with Crippen LogP contribution in [0.4, 0.5) is 0 Å². The Kier molecular flexibility index (Phi) is 11.7. The molecule has 0 radical (unpaired) electrons. The molecule has 1 rings (SSSR count). The number of rotatable bonds is 10. The van der Waals surface area contributed by atoms with Crippen molar-refractivity contribution >= 4 is 51.5 Å². The Morgan fingerprint density at radius 2 is 1.88 bits per heavy atom. The molecule has 0 spiro atoms. The largest absolute Gasteiger partial charge is 0.352 e. The quantitative estimate of drug-likeness (QED) is 0.529. The van der Waals surface area contributed by atoms with E-state index in [1.54, 1.807) is 6.07 Å². The van der Waals surface area contributed by atoms with Crippen LogP contribution < -0.4 is 15.8 Å². The molecule has 1 aromatic rings. The third-order valence-corrected chi connectivity index (χ3v) is 5.80. The second-order valence-corrected chi connectivity index (χ2v) is 7.86. The third-order valence-electron chi connectivity index (χ3n) is 3.39. The number of nitrogens with two attached hydrogens (primary N) is 1. The number of hydrogen-bond acceptors (Lipinski definition) is 4. The highest BCUT2D eigenvalue weighted by Crippen LogP contribution is 2.28. The smallest absolute Gasteiger partial charge is 0.243 e. The normalized spacial score (nSPS) is 12.3. The summed E-state index contributed by atoms with van der Waals surface area (Å²) in [7, 11) is -3.88. The highest BCUT2D eigenvalue weighted by Gasteiger charge is 2.21. The summed E-state index contributed by atoms with van der Waals surface area (Å²) in [6, 6.07) is 4.34. The van der Waals surface area contributed by atoms with Crippen molar-refractivity contribution in [2.45, 2.75) is 43.5 Å². The topological polar surface area (TPSA) is 101 Å². The van der Waals surface area contributed by atoms with Crippen LogP contribution in [-0.2, 0) is 14.8 Å². The Labute approximate surface area is 165 Å². The molecule has 0 aromatic heterocycles. The maximum atomic E-state index is 12.2. The SMILES string of the molecule is CCCCC(CN)NC(=O)CCNS(=O)(=O)c1c(Cl)cccc1Cl.Cl. The molecule has 1 atom stereocenters. The minimum atomic E-state index is -3.88. The number of hydrogen-bond donors (Lipinski definition) is 3. The number of halogens is 3. The van der Waals surface area contributed by atoms with Crippen LogP contribution in [-0.4, -0.2) is 33.5 Å². The Morgan fingerprint density at radius 1 is 1.28 bits per heavy atom. The zero-order valence-corrected chi connectivity index (χ0v) is 17.1. The first-order valence-corrected chi connectivity index (χ1v) is 9.98. The van der Waals surface area contributed by atoms with E-state index in [0.717, 1.165) is 19.3 Å². The van der Waals surface area contributed by atoms with E-state index in [2.05, 4.69) is 17.0 Å². The van der Waals surface area contributed by atoms with Crippen LogP contribution in [0.1, 0.15) is 32.6 Å². The maximum Gasteiger partial charge on any atom is 0.243 e. The minimum Gasteiger partial charge on any atom is -0.352 e. The van der Waals surface area contributed by atoms with Crippen molar-refractivity contribution < 1.29 is 13.2 Å². The zero-order chi connectivity index (χ0) is 18.2. The molecule has 1 amide bonds. The van der Waals surface area contributed by atoms with Gasteiger partial charge in [-0.15, -0.1) is 12.4 Å². The summed E-state index contributed by atoms with van der Waals surface area (Å²) in [5, 5.41) is 2.86. The Balaban J connectivity index is 0.00000576. The first kappa shape index (κ1) is 24.4. The summed E-state index contributed by atoms with van der Waals surface area (Å²) in [5.41, 5.74) is 5.61. The number of amides is 1. The molecule has 4 N–H and O–H groups in total. The van der Waals surface area contributed by atoms with Gasteiger partial charge in [-0.05, 0) is 18.6 Å². The average molecular weight is 433 g/mol. The van der Waals surface area contributed by atoms with Crippen molar-refractivity contribution in [1.82, 2.24) is 10.0 Å². The lowest BCUT2D eigenvalue weighted by Gasteiger charge is -2.16. The lowest BCUT2D eigenvalue weighted by molar-refractivity contribution is -0.121. The van der Waals surface area contributed by atoms with Gasteiger partial charge in [-0.25, -0.2) is 13.1 Å². The van der Waals surface area contributed by atoms with E-state index in [4.69, 9.17) is 28.9 Å². The molecule has 0 saturated carbocycles. The van der Waals surface area contributed by atoms with E-state index in [1.165, 1.54) is 12.1 Å². The van der Waals surface area contributed by atoms with E-state index in [1.807, 2.05) is 0 Å². The number of nitrogens with one attached hydrogen (secondary N) is 2. The van der Waals surface area contributed by atoms with E-state index >= 15 is 0 Å². The molecule has 0 aliphatic carbocycles. The summed E-state index contributed by atoms with van der Waals surface area (Å²) in [6.07, 6.45) is 2.80. The van der Waals surface area contributed by atoms with Crippen molar-refractivity contribution in [3.05, 3.63) is 28.2 Å². The van der Waals surface area contributed by atoms with Gasteiger partial charge in [0.1, 0.15) is 4.90 Å². The average Bonchev–Trinajstić information content (AvgIpc) is 2.50. The highest BCUT2D eigenvalue weighted by molar-refractivity contribution is 7.89. The van der Waals surface area contributed by atoms with Crippen LogP contribution in [0.15, 0.2) is 23.1 Å². The number of sulfonamides is 1. The molecular formula is C15H24Cl3N3O3S. The van der Waals surface area contributed by atoms with Gasteiger partial charge in [0, 0.05) is 25.6 Å². The molecule has 0 saturated heterocycles. The lowest BCUT2D eigenvalue weighted by Crippen LogP contribution is -2.41. The summed E-state index contributed by atoms with van der Waals surface area (Å²) >= 11 is 11.8. The zero-order valence-electron chi connectivity index (χ0n) is 13.9. The molecule has 0 aliphatic heterocycles. The van der Waals surface area contributed by atoms with Crippen LogP contribution in [0, 0.1) is 0 Å². The van der Waals surface area contributed by atoms with E-state index in [9.17, 15) is 13.2 Å². The first-order valence-electron chi connectivity index (χ1n) is 7.75. The van der Waals surface area contributed by atoms with Gasteiger partial charge in [0.15, 0.2) is 0 Å². The van der Waals surface area contributed by atoms with Gasteiger partial charge in [-0.2, -0.15) is 0 Å². The van der Waals surface area contributed by atoms with Crippen LogP contribution in [0.2, 0.25) is 10.0 Å². The fourth-order valence-electron chi connectivity index (χ4n) is 2.11. The summed E-state index contributed by atoms with van der Waals surface area (Å²) in [5.74, 6) is -0.255. The van der Waals surface area contributed by atoms with Gasteiger partial charge in [0.05, 0.1) is 10.0 Å². The minimum absolute atomic E-state index is 0. The predicted octanol–water partition coefficient (Wildman–Crippen LogP) is 2.72. The van der Waals surface area contributed by atoms with Crippen LogP contribution >= 0.6 is 35.6 Å². The summed E-state index contributed by atoms with van der Waals surface area (Å²) in [4.78, 5) is 11.7.